The van der Waals surface area contributed by atoms with Crippen LogP contribution in [0, 0.1) is 11.8 Å². The fourth-order valence-corrected chi connectivity index (χ4v) is 5.25. The standard InChI is InChI=1S/C27H31Cl2NO5/c1-4-35-27(34)23(12-16(2)3)30-25(17-8-10-20(28)11-9-17)22(18-6-5-7-21(29)13-18)14-19(26(30)33)15-24(31)32/h5-11,13,16,19,22-23,25H,4,12,14-15H2,1-3H3,(H,31,32)/t19?,22-,23?,25?/m1/s1. The first kappa shape index (κ1) is 27.0. The number of benzene rings is 2. The third-order valence-electron chi connectivity index (χ3n) is 6.32. The molecule has 1 fully saturated rings. The summed E-state index contributed by atoms with van der Waals surface area (Å²) >= 11 is 12.5. The minimum Gasteiger partial charge on any atom is -0.481 e. The van der Waals surface area contributed by atoms with E-state index in [1.54, 1.807) is 30.0 Å². The van der Waals surface area contributed by atoms with E-state index in [-0.39, 0.29) is 30.8 Å². The molecule has 3 unspecified atom stereocenters. The van der Waals surface area contributed by atoms with Gasteiger partial charge >= 0.3 is 11.9 Å². The Morgan fingerprint density at radius 1 is 1.09 bits per heavy atom. The van der Waals surface area contributed by atoms with Crippen LogP contribution in [0.4, 0.5) is 0 Å². The first-order valence-corrected chi connectivity index (χ1v) is 12.6. The second kappa shape index (κ2) is 11.9. The highest BCUT2D eigenvalue weighted by Gasteiger charge is 2.48. The number of rotatable bonds is 9. The average molecular weight is 520 g/mol. The number of halogens is 2. The number of aliphatic carboxylic acids is 1. The van der Waals surface area contributed by atoms with Gasteiger partial charge in [-0.1, -0.05) is 61.3 Å². The van der Waals surface area contributed by atoms with Crippen LogP contribution in [0.5, 0.6) is 0 Å². The summed E-state index contributed by atoms with van der Waals surface area (Å²) < 4.78 is 5.39. The van der Waals surface area contributed by atoms with Gasteiger partial charge in [0.05, 0.1) is 19.1 Å². The number of amides is 1. The van der Waals surface area contributed by atoms with Crippen LogP contribution in [0.15, 0.2) is 48.5 Å². The summed E-state index contributed by atoms with van der Waals surface area (Å²) in [6.45, 7) is 5.85. The largest absolute Gasteiger partial charge is 0.481 e. The van der Waals surface area contributed by atoms with Crippen LogP contribution < -0.4 is 0 Å². The third-order valence-corrected chi connectivity index (χ3v) is 6.81. The van der Waals surface area contributed by atoms with Gasteiger partial charge in [0.15, 0.2) is 0 Å². The molecule has 1 N–H and O–H groups in total. The van der Waals surface area contributed by atoms with Gasteiger partial charge < -0.3 is 14.7 Å². The molecule has 0 radical (unpaired) electrons. The van der Waals surface area contributed by atoms with Gasteiger partial charge in [-0.25, -0.2) is 4.79 Å². The van der Waals surface area contributed by atoms with E-state index in [1.165, 1.54) is 0 Å². The number of esters is 1. The minimum absolute atomic E-state index is 0.0903. The van der Waals surface area contributed by atoms with Crippen LogP contribution in [0.2, 0.25) is 10.0 Å². The third kappa shape index (κ3) is 6.56. The van der Waals surface area contributed by atoms with Gasteiger partial charge in [-0.15, -0.1) is 0 Å². The highest BCUT2D eigenvalue weighted by atomic mass is 35.5. The predicted octanol–water partition coefficient (Wildman–Crippen LogP) is 6.12. The fraction of sp³-hybridized carbons (Fsp3) is 0.444. The van der Waals surface area contributed by atoms with E-state index in [0.29, 0.717) is 22.9 Å². The topological polar surface area (TPSA) is 83.9 Å². The number of nitrogens with zero attached hydrogens (tertiary/aromatic N) is 1. The average Bonchev–Trinajstić information content (AvgIpc) is 2.79. The van der Waals surface area contributed by atoms with Crippen molar-refractivity contribution in [3.8, 4) is 0 Å². The van der Waals surface area contributed by atoms with Crippen molar-refractivity contribution in [2.45, 2.75) is 58.0 Å². The first-order chi connectivity index (χ1) is 16.6. The van der Waals surface area contributed by atoms with E-state index in [2.05, 4.69) is 0 Å². The Balaban J connectivity index is 2.23. The number of carbonyl (C=O) groups is 3. The lowest BCUT2D eigenvalue weighted by atomic mass is 9.74. The lowest BCUT2D eigenvalue weighted by molar-refractivity contribution is -0.164. The van der Waals surface area contributed by atoms with Gasteiger partial charge in [0.2, 0.25) is 5.91 Å². The van der Waals surface area contributed by atoms with Crippen LogP contribution in [0.1, 0.15) is 63.1 Å². The zero-order chi connectivity index (χ0) is 25.7. The molecule has 6 nitrogen and oxygen atoms in total. The molecule has 1 aliphatic heterocycles. The number of hydrogen-bond donors (Lipinski definition) is 1. The normalized spacial score (nSPS) is 21.1. The van der Waals surface area contributed by atoms with Gasteiger partial charge in [-0.05, 0) is 61.1 Å². The lowest BCUT2D eigenvalue weighted by Gasteiger charge is -2.47. The summed E-state index contributed by atoms with van der Waals surface area (Å²) in [5, 5.41) is 10.7. The molecule has 0 bridgehead atoms. The van der Waals surface area contributed by atoms with Crippen molar-refractivity contribution in [1.29, 1.82) is 0 Å². The quantitative estimate of drug-likeness (QED) is 0.403. The van der Waals surface area contributed by atoms with E-state index >= 15 is 0 Å². The van der Waals surface area contributed by atoms with Gasteiger partial charge in [-0.3, -0.25) is 9.59 Å². The first-order valence-electron chi connectivity index (χ1n) is 11.8. The molecule has 35 heavy (non-hydrogen) atoms. The molecule has 8 heteroatoms. The SMILES string of the molecule is CCOC(=O)C(CC(C)C)N1C(=O)C(CC(=O)O)C[C@H](c2cccc(Cl)c2)C1c1ccc(Cl)cc1. The molecule has 1 aliphatic rings. The van der Waals surface area contributed by atoms with Crippen molar-refractivity contribution in [3.63, 3.8) is 0 Å². The number of carbonyl (C=O) groups excluding carboxylic acids is 2. The molecule has 188 valence electrons. The second-order valence-electron chi connectivity index (χ2n) is 9.33. The number of hydrogen-bond acceptors (Lipinski definition) is 4. The van der Waals surface area contributed by atoms with Gasteiger partial charge in [0, 0.05) is 21.9 Å². The molecule has 2 aromatic carbocycles. The number of ether oxygens (including phenoxy) is 1. The minimum atomic E-state index is -1.06. The number of likely N-dealkylation sites (tertiary alicyclic amines) is 1. The van der Waals surface area contributed by atoms with Crippen molar-refractivity contribution in [2.24, 2.45) is 11.8 Å². The highest BCUT2D eigenvalue weighted by Crippen LogP contribution is 2.48. The molecule has 0 spiro atoms. The van der Waals surface area contributed by atoms with E-state index in [0.717, 1.165) is 11.1 Å². The Labute approximate surface area is 216 Å². The Morgan fingerprint density at radius 3 is 2.34 bits per heavy atom. The molecular weight excluding hydrogens is 489 g/mol. The van der Waals surface area contributed by atoms with Crippen LogP contribution in [-0.4, -0.2) is 40.5 Å². The van der Waals surface area contributed by atoms with Crippen LogP contribution in [0.25, 0.3) is 0 Å². The molecule has 2 aromatic rings. The Morgan fingerprint density at radius 2 is 1.77 bits per heavy atom. The molecular formula is C27H31Cl2NO5. The molecule has 4 atom stereocenters. The Hall–Kier alpha value is -2.57. The summed E-state index contributed by atoms with van der Waals surface area (Å²) in [7, 11) is 0. The monoisotopic (exact) mass is 519 g/mol. The molecule has 1 saturated heterocycles. The summed E-state index contributed by atoms with van der Waals surface area (Å²) in [4.78, 5) is 40.4. The maximum atomic E-state index is 13.9. The lowest BCUT2D eigenvalue weighted by Crippen LogP contribution is -2.55. The molecule has 0 saturated carbocycles. The van der Waals surface area contributed by atoms with E-state index in [1.807, 2.05) is 44.2 Å². The van der Waals surface area contributed by atoms with E-state index in [4.69, 9.17) is 27.9 Å². The second-order valence-corrected chi connectivity index (χ2v) is 10.2. The zero-order valence-corrected chi connectivity index (χ0v) is 21.6. The summed E-state index contributed by atoms with van der Waals surface area (Å²) in [6, 6.07) is 13.2. The fourth-order valence-electron chi connectivity index (χ4n) is 4.92. The predicted molar refractivity (Wildman–Crippen MR) is 135 cm³/mol. The van der Waals surface area contributed by atoms with Crippen LogP contribution in [-0.2, 0) is 19.1 Å². The molecule has 3 rings (SSSR count). The number of piperidine rings is 1. The van der Waals surface area contributed by atoms with Gasteiger partial charge in [-0.2, -0.15) is 0 Å². The van der Waals surface area contributed by atoms with Crippen molar-refractivity contribution in [2.75, 3.05) is 6.61 Å². The van der Waals surface area contributed by atoms with Crippen molar-refractivity contribution >= 4 is 41.0 Å². The summed E-state index contributed by atoms with van der Waals surface area (Å²) in [5.74, 6) is -2.90. The Kier molecular flexibility index (Phi) is 9.20. The Bertz CT molecular complexity index is 1060. The van der Waals surface area contributed by atoms with Gasteiger partial charge in [0.25, 0.3) is 0 Å². The van der Waals surface area contributed by atoms with Crippen LogP contribution in [0.3, 0.4) is 0 Å². The summed E-state index contributed by atoms with van der Waals surface area (Å²) in [6.07, 6.45) is 0.375. The van der Waals surface area contributed by atoms with E-state index < -0.39 is 29.9 Å². The van der Waals surface area contributed by atoms with Gasteiger partial charge in [0.1, 0.15) is 6.04 Å². The molecule has 0 aromatic heterocycles. The number of carboxylic acids is 1. The van der Waals surface area contributed by atoms with Crippen molar-refractivity contribution < 1.29 is 24.2 Å². The van der Waals surface area contributed by atoms with E-state index in [9.17, 15) is 19.5 Å². The highest BCUT2D eigenvalue weighted by molar-refractivity contribution is 6.30. The molecule has 0 aliphatic carbocycles. The molecule has 1 amide bonds. The zero-order valence-electron chi connectivity index (χ0n) is 20.1. The maximum Gasteiger partial charge on any atom is 0.328 e. The smallest absolute Gasteiger partial charge is 0.328 e. The molecule has 1 heterocycles. The van der Waals surface area contributed by atoms with Crippen LogP contribution >= 0.6 is 23.2 Å². The van der Waals surface area contributed by atoms with Crippen molar-refractivity contribution in [3.05, 3.63) is 69.7 Å². The number of carboxylic acid groups (broad SMARTS) is 1. The maximum absolute atomic E-state index is 13.9. The van der Waals surface area contributed by atoms with Crippen molar-refractivity contribution in [1.82, 2.24) is 4.90 Å². The summed E-state index contributed by atoms with van der Waals surface area (Å²) in [5.41, 5.74) is 1.68.